The number of rotatable bonds is 5. The topological polar surface area (TPSA) is 15.3 Å². The summed E-state index contributed by atoms with van der Waals surface area (Å²) in [6.07, 6.45) is 3.48. The molecule has 1 aromatic rings. The zero-order valence-corrected chi connectivity index (χ0v) is 12.2. The molecule has 1 aromatic carbocycles. The molecule has 2 nitrogen and oxygen atoms in total. The number of halogens is 1. The van der Waals surface area contributed by atoms with Crippen LogP contribution in [0.4, 0.5) is 4.39 Å². The van der Waals surface area contributed by atoms with Gasteiger partial charge in [0.25, 0.3) is 0 Å². The maximum absolute atomic E-state index is 13.8. The molecule has 3 heteroatoms. The third-order valence-electron chi connectivity index (χ3n) is 4.39. The Hall–Kier alpha value is -0.930. The minimum Gasteiger partial charge on any atom is -0.313 e. The van der Waals surface area contributed by atoms with Crippen molar-refractivity contribution in [3.05, 3.63) is 35.6 Å². The molecule has 1 fully saturated rings. The van der Waals surface area contributed by atoms with Gasteiger partial charge in [-0.15, -0.1) is 0 Å². The van der Waals surface area contributed by atoms with Crippen molar-refractivity contribution in [3.8, 4) is 0 Å². The molecule has 0 bridgehead atoms. The van der Waals surface area contributed by atoms with Crippen molar-refractivity contribution >= 4 is 0 Å². The summed E-state index contributed by atoms with van der Waals surface area (Å²) < 4.78 is 13.8. The van der Waals surface area contributed by atoms with Crippen LogP contribution < -0.4 is 5.32 Å². The van der Waals surface area contributed by atoms with Crippen LogP contribution in [0.1, 0.15) is 44.7 Å². The quantitative estimate of drug-likeness (QED) is 0.877. The number of nitrogens with one attached hydrogen (secondary N) is 1. The van der Waals surface area contributed by atoms with Gasteiger partial charge in [-0.25, -0.2) is 4.39 Å². The first-order valence-corrected chi connectivity index (χ1v) is 7.21. The second-order valence-electron chi connectivity index (χ2n) is 6.05. The van der Waals surface area contributed by atoms with Crippen LogP contribution in [-0.2, 0) is 0 Å². The predicted molar refractivity (Wildman–Crippen MR) is 77.7 cm³/mol. The van der Waals surface area contributed by atoms with Gasteiger partial charge in [0.05, 0.1) is 0 Å². The third-order valence-corrected chi connectivity index (χ3v) is 4.39. The number of likely N-dealkylation sites (tertiary alicyclic amines) is 1. The van der Waals surface area contributed by atoms with Gasteiger partial charge in [0.1, 0.15) is 5.82 Å². The van der Waals surface area contributed by atoms with E-state index in [0.717, 1.165) is 18.5 Å². The summed E-state index contributed by atoms with van der Waals surface area (Å²) in [5, 5.41) is 3.24. The fourth-order valence-electron chi connectivity index (χ4n) is 3.08. The monoisotopic (exact) mass is 264 g/mol. The summed E-state index contributed by atoms with van der Waals surface area (Å²) in [6, 6.07) is 7.17. The molecule has 1 atom stereocenters. The average Bonchev–Trinajstić information content (AvgIpc) is 2.71. The van der Waals surface area contributed by atoms with Crippen LogP contribution in [0.2, 0.25) is 0 Å². The van der Waals surface area contributed by atoms with Gasteiger partial charge < -0.3 is 5.32 Å². The normalized spacial score (nSPS) is 20.6. The smallest absolute Gasteiger partial charge is 0.127 e. The van der Waals surface area contributed by atoms with Gasteiger partial charge in [-0.3, -0.25) is 4.90 Å². The lowest BCUT2D eigenvalue weighted by molar-refractivity contribution is 0.167. The third kappa shape index (κ3) is 3.34. The Morgan fingerprint density at radius 2 is 2.11 bits per heavy atom. The SMILES string of the molecule is CNC(CCN1CCCC1(C)C)c1ccccc1F. The highest BCUT2D eigenvalue weighted by molar-refractivity contribution is 5.21. The molecule has 106 valence electrons. The molecule has 0 radical (unpaired) electrons. The predicted octanol–water partition coefficient (Wildman–Crippen LogP) is 3.35. The molecule has 0 spiro atoms. The van der Waals surface area contributed by atoms with Crippen molar-refractivity contribution in [1.29, 1.82) is 0 Å². The summed E-state index contributed by atoms with van der Waals surface area (Å²) in [6.45, 7) is 6.79. The number of hydrogen-bond donors (Lipinski definition) is 1. The number of hydrogen-bond acceptors (Lipinski definition) is 2. The Labute approximate surface area is 116 Å². The molecular weight excluding hydrogens is 239 g/mol. The van der Waals surface area contributed by atoms with Gasteiger partial charge in [-0.1, -0.05) is 18.2 Å². The van der Waals surface area contributed by atoms with E-state index < -0.39 is 0 Å². The molecule has 0 saturated carbocycles. The van der Waals surface area contributed by atoms with Crippen molar-refractivity contribution in [2.75, 3.05) is 20.1 Å². The van der Waals surface area contributed by atoms with Gasteiger partial charge >= 0.3 is 0 Å². The zero-order chi connectivity index (χ0) is 13.9. The largest absolute Gasteiger partial charge is 0.313 e. The summed E-state index contributed by atoms with van der Waals surface area (Å²) in [7, 11) is 1.91. The Kier molecular flexibility index (Phi) is 4.58. The first-order chi connectivity index (χ1) is 9.04. The molecule has 1 heterocycles. The Bertz CT molecular complexity index is 417. The van der Waals surface area contributed by atoms with Gasteiger partial charge in [-0.05, 0) is 52.8 Å². The molecule has 19 heavy (non-hydrogen) atoms. The molecule has 1 aliphatic rings. The highest BCUT2D eigenvalue weighted by Crippen LogP contribution is 2.29. The van der Waals surface area contributed by atoms with E-state index in [1.165, 1.54) is 19.4 Å². The molecule has 1 saturated heterocycles. The average molecular weight is 264 g/mol. The van der Waals surface area contributed by atoms with E-state index in [1.54, 1.807) is 12.1 Å². The maximum Gasteiger partial charge on any atom is 0.127 e. The fraction of sp³-hybridized carbons (Fsp3) is 0.625. The second-order valence-corrected chi connectivity index (χ2v) is 6.05. The van der Waals surface area contributed by atoms with Gasteiger partial charge in [0.15, 0.2) is 0 Å². The molecule has 1 aliphatic heterocycles. The van der Waals surface area contributed by atoms with Gasteiger partial charge in [0, 0.05) is 23.7 Å². The molecule has 1 unspecified atom stereocenters. The van der Waals surface area contributed by atoms with Crippen molar-refractivity contribution in [2.24, 2.45) is 0 Å². The van der Waals surface area contributed by atoms with Crippen LogP contribution in [0.3, 0.4) is 0 Å². The van der Waals surface area contributed by atoms with Crippen LogP contribution in [0.15, 0.2) is 24.3 Å². The molecule has 0 aromatic heterocycles. The second kappa shape index (κ2) is 6.02. The van der Waals surface area contributed by atoms with Crippen LogP contribution in [0, 0.1) is 5.82 Å². The lowest BCUT2D eigenvalue weighted by Gasteiger charge is -2.32. The Balaban J connectivity index is 1.99. The van der Waals surface area contributed by atoms with E-state index in [2.05, 4.69) is 24.1 Å². The molecule has 0 aliphatic carbocycles. The lowest BCUT2D eigenvalue weighted by Crippen LogP contribution is -2.39. The minimum absolute atomic E-state index is 0.0950. The van der Waals surface area contributed by atoms with Crippen LogP contribution in [0.25, 0.3) is 0 Å². The van der Waals surface area contributed by atoms with E-state index in [4.69, 9.17) is 0 Å². The highest BCUT2D eigenvalue weighted by atomic mass is 19.1. The van der Waals surface area contributed by atoms with Gasteiger partial charge in [-0.2, -0.15) is 0 Å². The van der Waals surface area contributed by atoms with Crippen LogP contribution in [-0.4, -0.2) is 30.6 Å². The standard InChI is InChI=1S/C16H25FN2/c1-16(2)10-6-11-19(16)12-9-15(18-3)13-7-4-5-8-14(13)17/h4-5,7-8,15,18H,6,9-12H2,1-3H3. The summed E-state index contributed by atoms with van der Waals surface area (Å²) in [5.74, 6) is -0.109. The van der Waals surface area contributed by atoms with Crippen molar-refractivity contribution in [3.63, 3.8) is 0 Å². The molecule has 2 rings (SSSR count). The first kappa shape index (κ1) is 14.5. The van der Waals surface area contributed by atoms with E-state index in [1.807, 2.05) is 19.2 Å². The molecule has 0 amide bonds. The summed E-state index contributed by atoms with van der Waals surface area (Å²) in [5.41, 5.74) is 1.08. The minimum atomic E-state index is -0.109. The van der Waals surface area contributed by atoms with Crippen molar-refractivity contribution in [1.82, 2.24) is 10.2 Å². The number of nitrogens with zero attached hydrogens (tertiary/aromatic N) is 1. The molecule has 1 N–H and O–H groups in total. The van der Waals surface area contributed by atoms with E-state index in [9.17, 15) is 4.39 Å². The van der Waals surface area contributed by atoms with E-state index in [-0.39, 0.29) is 11.9 Å². The van der Waals surface area contributed by atoms with Gasteiger partial charge in [0.2, 0.25) is 0 Å². The van der Waals surface area contributed by atoms with Crippen molar-refractivity contribution in [2.45, 2.75) is 44.7 Å². The Morgan fingerprint density at radius 1 is 1.37 bits per heavy atom. The number of benzene rings is 1. The first-order valence-electron chi connectivity index (χ1n) is 7.21. The zero-order valence-electron chi connectivity index (χ0n) is 12.2. The Morgan fingerprint density at radius 3 is 2.68 bits per heavy atom. The maximum atomic E-state index is 13.8. The van der Waals surface area contributed by atoms with E-state index >= 15 is 0 Å². The van der Waals surface area contributed by atoms with E-state index in [0.29, 0.717) is 5.54 Å². The highest BCUT2D eigenvalue weighted by Gasteiger charge is 2.31. The fourth-order valence-corrected chi connectivity index (χ4v) is 3.08. The molecular formula is C16H25FN2. The lowest BCUT2D eigenvalue weighted by atomic mass is 10.00. The van der Waals surface area contributed by atoms with Crippen LogP contribution in [0.5, 0.6) is 0 Å². The summed E-state index contributed by atoms with van der Waals surface area (Å²) >= 11 is 0. The van der Waals surface area contributed by atoms with Crippen LogP contribution >= 0.6 is 0 Å². The summed E-state index contributed by atoms with van der Waals surface area (Å²) in [4.78, 5) is 2.53. The van der Waals surface area contributed by atoms with Crippen molar-refractivity contribution < 1.29 is 4.39 Å².